The lowest BCUT2D eigenvalue weighted by Crippen LogP contribution is -2.54. The Labute approximate surface area is 345 Å². The molecule has 16 nitrogen and oxygen atoms in total. The van der Waals surface area contributed by atoms with Gasteiger partial charge in [0.1, 0.15) is 23.7 Å². The summed E-state index contributed by atoms with van der Waals surface area (Å²) in [7, 11) is 0. The molecule has 2 N–H and O–H groups in total. The number of aryl methyl sites for hydroxylation is 1. The number of aromatic nitrogens is 4. The molecule has 1 aromatic carbocycles. The first-order valence-electron chi connectivity index (χ1n) is 20.8. The molecule has 3 saturated heterocycles. The second-order valence-electron chi connectivity index (χ2n) is 16.6. The molecule has 9 rings (SSSR count). The molecule has 1 saturated carbocycles. The predicted molar refractivity (Wildman–Crippen MR) is 221 cm³/mol. The van der Waals surface area contributed by atoms with Crippen LogP contribution in [0.1, 0.15) is 94.5 Å². The lowest BCUT2D eigenvalue weighted by atomic mass is 9.93. The van der Waals surface area contributed by atoms with Crippen LogP contribution in [-0.4, -0.2) is 117 Å². The van der Waals surface area contributed by atoms with Crippen molar-refractivity contribution in [2.45, 2.75) is 77.0 Å². The number of carbonyl (C=O) groups is 5. The van der Waals surface area contributed by atoms with Crippen LogP contribution >= 0.6 is 0 Å². The Hall–Kier alpha value is -6.10. The number of carbonyl (C=O) groups excluding carboxylic acids is 5. The molecule has 5 aliphatic rings. The number of hydrogen-bond donors (Lipinski definition) is 2. The number of piperazine rings is 1. The number of ketones is 1. The van der Waals surface area contributed by atoms with Gasteiger partial charge in [-0.2, -0.15) is 4.98 Å². The standard InChI is InChI=1S/C43H47FN10O6/c1-24-32-21-46-43(49-38(32)53(27-5-3-4-6-27)42(60)37(24)25(2)55)47-35-11-8-29(20-45-35)51-17-15-50(16-18-51)22-26-13-14-52(23-33(26)44)28-7-9-30-31(19-28)41(59)54(40(30)58)34-10-12-36(56)48-39(34)57/h7-9,11,19-21,26-27,33-34H,3-6,10,12-18,22-23H2,1-2H3,(H,48,56,57)(H,45,46,47,49). The summed E-state index contributed by atoms with van der Waals surface area (Å²) in [5.74, 6) is -1.77. The summed E-state index contributed by atoms with van der Waals surface area (Å²) in [6.07, 6.45) is 6.91. The first-order chi connectivity index (χ1) is 28.9. The Morgan fingerprint density at radius 1 is 0.867 bits per heavy atom. The van der Waals surface area contributed by atoms with Crippen molar-refractivity contribution in [1.29, 1.82) is 0 Å². The predicted octanol–water partition coefficient (Wildman–Crippen LogP) is 3.94. The average Bonchev–Trinajstić information content (AvgIpc) is 3.85. The monoisotopic (exact) mass is 818 g/mol. The number of rotatable bonds is 9. The van der Waals surface area contributed by atoms with Gasteiger partial charge in [0, 0.05) is 81.5 Å². The number of halogens is 1. The summed E-state index contributed by atoms with van der Waals surface area (Å²) in [4.78, 5) is 97.9. The van der Waals surface area contributed by atoms with Crippen molar-refractivity contribution in [2.24, 2.45) is 5.92 Å². The highest BCUT2D eigenvalue weighted by Crippen LogP contribution is 2.34. The minimum Gasteiger partial charge on any atom is -0.369 e. The second kappa shape index (κ2) is 15.8. The number of nitrogens with one attached hydrogen (secondary N) is 2. The van der Waals surface area contributed by atoms with Gasteiger partial charge in [0.05, 0.1) is 28.6 Å². The molecule has 17 heteroatoms. The van der Waals surface area contributed by atoms with Gasteiger partial charge in [-0.3, -0.25) is 48.5 Å². The first-order valence-corrected chi connectivity index (χ1v) is 20.8. The van der Waals surface area contributed by atoms with Crippen LogP contribution in [0, 0.1) is 12.8 Å². The summed E-state index contributed by atoms with van der Waals surface area (Å²) >= 11 is 0. The van der Waals surface area contributed by atoms with Gasteiger partial charge in [-0.1, -0.05) is 12.8 Å². The van der Waals surface area contributed by atoms with E-state index in [1.165, 1.54) is 6.92 Å². The SMILES string of the molecule is CC(=O)c1c(C)c2cnc(Nc3ccc(N4CCN(CC5CCN(c6ccc7c(c6)C(=O)N(C6CCC(=O)NC6=O)C7=O)CC5F)CC4)cn3)nc2n(C2CCCC2)c1=O. The Bertz CT molecular complexity index is 2480. The topological polar surface area (TPSA) is 183 Å². The summed E-state index contributed by atoms with van der Waals surface area (Å²) < 4.78 is 17.5. The maximum absolute atomic E-state index is 15.8. The molecule has 60 heavy (non-hydrogen) atoms. The highest BCUT2D eigenvalue weighted by Gasteiger charge is 2.45. The van der Waals surface area contributed by atoms with E-state index in [0.29, 0.717) is 53.6 Å². The number of fused-ring (bicyclic) bond motifs is 2. The average molecular weight is 819 g/mol. The zero-order valence-electron chi connectivity index (χ0n) is 33.7. The van der Waals surface area contributed by atoms with E-state index in [-0.39, 0.29) is 59.4 Å². The molecule has 0 spiro atoms. The number of amides is 4. The largest absolute Gasteiger partial charge is 0.369 e. The summed E-state index contributed by atoms with van der Waals surface area (Å²) in [6.45, 7) is 7.66. The number of benzene rings is 1. The van der Waals surface area contributed by atoms with Crippen LogP contribution < -0.4 is 26.0 Å². The van der Waals surface area contributed by atoms with Crippen LogP contribution in [0.3, 0.4) is 0 Å². The van der Waals surface area contributed by atoms with Gasteiger partial charge < -0.3 is 15.1 Å². The number of piperidine rings is 2. The fourth-order valence-electron chi connectivity index (χ4n) is 9.64. The van der Waals surface area contributed by atoms with Crippen molar-refractivity contribution in [3.8, 4) is 0 Å². The summed E-state index contributed by atoms with van der Waals surface area (Å²) in [5.41, 5.74) is 3.02. The van der Waals surface area contributed by atoms with Crippen molar-refractivity contribution >= 4 is 63.6 Å². The lowest BCUT2D eigenvalue weighted by molar-refractivity contribution is -0.136. The van der Waals surface area contributed by atoms with Gasteiger partial charge in [0.15, 0.2) is 5.78 Å². The normalized spacial score (nSPS) is 22.8. The van der Waals surface area contributed by atoms with Crippen LogP contribution in [0.2, 0.25) is 0 Å². The van der Waals surface area contributed by atoms with E-state index in [9.17, 15) is 28.8 Å². The molecule has 7 heterocycles. The van der Waals surface area contributed by atoms with E-state index in [2.05, 4.69) is 30.4 Å². The fraction of sp³-hybridized carbons (Fsp3) is 0.465. The molecule has 0 bridgehead atoms. The molecular weight excluding hydrogens is 772 g/mol. The van der Waals surface area contributed by atoms with E-state index in [1.54, 1.807) is 42.1 Å². The smallest absolute Gasteiger partial charge is 0.263 e. The van der Waals surface area contributed by atoms with E-state index < -0.39 is 35.8 Å². The molecule has 0 radical (unpaired) electrons. The zero-order valence-corrected chi connectivity index (χ0v) is 33.7. The number of imide groups is 2. The number of anilines is 4. The van der Waals surface area contributed by atoms with E-state index in [4.69, 9.17) is 4.98 Å². The molecule has 4 fully saturated rings. The molecule has 4 aromatic rings. The highest BCUT2D eigenvalue weighted by atomic mass is 19.1. The van der Waals surface area contributed by atoms with E-state index in [1.807, 2.05) is 17.0 Å². The number of hydrogen-bond acceptors (Lipinski definition) is 13. The fourth-order valence-corrected chi connectivity index (χ4v) is 9.64. The van der Waals surface area contributed by atoms with Gasteiger partial charge in [-0.05, 0) is 75.4 Å². The van der Waals surface area contributed by atoms with Crippen molar-refractivity contribution < 1.29 is 28.4 Å². The minimum atomic E-state index is -1.09. The third kappa shape index (κ3) is 7.17. The van der Waals surface area contributed by atoms with Crippen LogP contribution in [0.25, 0.3) is 11.0 Å². The maximum Gasteiger partial charge on any atom is 0.263 e. The number of pyridine rings is 2. The van der Waals surface area contributed by atoms with Crippen molar-refractivity contribution in [1.82, 2.24) is 34.6 Å². The minimum absolute atomic E-state index is 0.0139. The van der Waals surface area contributed by atoms with Gasteiger partial charge in [0.25, 0.3) is 17.4 Å². The van der Waals surface area contributed by atoms with Gasteiger partial charge in [0.2, 0.25) is 17.8 Å². The quantitative estimate of drug-likeness (QED) is 0.183. The van der Waals surface area contributed by atoms with Crippen molar-refractivity contribution in [2.75, 3.05) is 60.9 Å². The molecule has 312 valence electrons. The summed E-state index contributed by atoms with van der Waals surface area (Å²) in [6, 6.07) is 7.72. The Morgan fingerprint density at radius 2 is 1.62 bits per heavy atom. The molecular formula is C43H47FN10O6. The summed E-state index contributed by atoms with van der Waals surface area (Å²) in [5, 5.41) is 6.08. The van der Waals surface area contributed by atoms with Gasteiger partial charge >= 0.3 is 0 Å². The number of nitrogens with zero attached hydrogens (tertiary/aromatic N) is 8. The molecule has 3 unspecified atom stereocenters. The molecule has 4 aliphatic heterocycles. The van der Waals surface area contributed by atoms with Gasteiger partial charge in [-0.25, -0.2) is 14.4 Å². The van der Waals surface area contributed by atoms with Crippen LogP contribution in [0.4, 0.5) is 27.5 Å². The van der Waals surface area contributed by atoms with E-state index >= 15 is 4.39 Å². The third-order valence-corrected chi connectivity index (χ3v) is 12.9. The lowest BCUT2D eigenvalue weighted by Gasteiger charge is -2.41. The number of Topliss-reactive ketones (excluding diaryl/α,β-unsaturated/α-hetero) is 1. The number of alkyl halides is 1. The zero-order chi connectivity index (χ0) is 41.8. The van der Waals surface area contributed by atoms with Crippen molar-refractivity contribution in [3.05, 3.63) is 75.3 Å². The van der Waals surface area contributed by atoms with Crippen LogP contribution in [0.5, 0.6) is 0 Å². The molecule has 3 atom stereocenters. The Kier molecular flexibility index (Phi) is 10.4. The maximum atomic E-state index is 15.8. The van der Waals surface area contributed by atoms with Crippen LogP contribution in [0.15, 0.2) is 47.5 Å². The first kappa shape index (κ1) is 39.4. The Morgan fingerprint density at radius 3 is 2.32 bits per heavy atom. The Balaban J connectivity index is 0.787. The molecule has 1 aliphatic carbocycles. The van der Waals surface area contributed by atoms with E-state index in [0.717, 1.165) is 62.4 Å². The molecule has 4 amide bonds. The van der Waals surface area contributed by atoms with Crippen molar-refractivity contribution in [3.63, 3.8) is 0 Å². The van der Waals surface area contributed by atoms with Crippen LogP contribution in [-0.2, 0) is 9.59 Å². The van der Waals surface area contributed by atoms with Gasteiger partial charge in [-0.15, -0.1) is 0 Å². The highest BCUT2D eigenvalue weighted by molar-refractivity contribution is 6.23. The second-order valence-corrected chi connectivity index (χ2v) is 16.6. The molecule has 3 aromatic heterocycles. The third-order valence-electron chi connectivity index (χ3n) is 12.9.